The first-order chi connectivity index (χ1) is 13.5. The van der Waals surface area contributed by atoms with Crippen LogP contribution < -0.4 is 15.1 Å². The van der Waals surface area contributed by atoms with E-state index >= 15 is 0 Å². The van der Waals surface area contributed by atoms with Crippen LogP contribution in [-0.4, -0.2) is 37.5 Å². The summed E-state index contributed by atoms with van der Waals surface area (Å²) in [5.74, 6) is -0.578. The molecule has 28 heavy (non-hydrogen) atoms. The molecule has 6 heteroatoms. The number of hydrogen-bond acceptors (Lipinski definition) is 3. The van der Waals surface area contributed by atoms with Gasteiger partial charge in [0.25, 0.3) is 5.91 Å². The molecular formula is C22H24FN3O2. The minimum absolute atomic E-state index is 0.0708. The van der Waals surface area contributed by atoms with Crippen LogP contribution in [0.1, 0.15) is 35.2 Å². The lowest BCUT2D eigenvalue weighted by Gasteiger charge is -2.21. The molecule has 2 aliphatic heterocycles. The summed E-state index contributed by atoms with van der Waals surface area (Å²) >= 11 is 0. The molecule has 2 aromatic carbocycles. The SMILES string of the molecule is Cc1ccc(C(=O)NC2CC(=O)N(c3ccc(F)cc3)C2)cc1N1CCCC1. The Morgan fingerprint density at radius 1 is 1.11 bits per heavy atom. The van der Waals surface area contributed by atoms with Crippen molar-refractivity contribution in [3.63, 3.8) is 0 Å². The number of carbonyl (C=O) groups excluding carboxylic acids is 2. The van der Waals surface area contributed by atoms with E-state index in [1.165, 1.54) is 25.0 Å². The van der Waals surface area contributed by atoms with Crippen molar-refractivity contribution in [1.29, 1.82) is 0 Å². The predicted molar refractivity (Wildman–Crippen MR) is 107 cm³/mol. The second-order valence-electron chi connectivity index (χ2n) is 7.55. The quantitative estimate of drug-likeness (QED) is 0.884. The van der Waals surface area contributed by atoms with Gasteiger partial charge in [0.2, 0.25) is 5.91 Å². The molecule has 2 aromatic rings. The Hall–Kier alpha value is -2.89. The summed E-state index contributed by atoms with van der Waals surface area (Å²) in [5, 5.41) is 2.98. The van der Waals surface area contributed by atoms with Crippen LogP contribution in [0.25, 0.3) is 0 Å². The van der Waals surface area contributed by atoms with Crippen LogP contribution in [0.2, 0.25) is 0 Å². The van der Waals surface area contributed by atoms with Crippen molar-refractivity contribution in [3.8, 4) is 0 Å². The monoisotopic (exact) mass is 381 g/mol. The van der Waals surface area contributed by atoms with E-state index in [0.717, 1.165) is 24.3 Å². The lowest BCUT2D eigenvalue weighted by molar-refractivity contribution is -0.117. The zero-order valence-corrected chi connectivity index (χ0v) is 16.0. The Bertz CT molecular complexity index is 891. The van der Waals surface area contributed by atoms with Gasteiger partial charge in [-0.1, -0.05) is 6.07 Å². The van der Waals surface area contributed by atoms with E-state index in [9.17, 15) is 14.0 Å². The summed E-state index contributed by atoms with van der Waals surface area (Å²) in [7, 11) is 0. The number of hydrogen-bond donors (Lipinski definition) is 1. The number of nitrogens with zero attached hydrogens (tertiary/aromatic N) is 2. The number of halogens is 1. The first-order valence-corrected chi connectivity index (χ1v) is 9.73. The third kappa shape index (κ3) is 3.72. The number of carbonyl (C=O) groups is 2. The number of amides is 2. The van der Waals surface area contributed by atoms with Gasteiger partial charge < -0.3 is 15.1 Å². The first-order valence-electron chi connectivity index (χ1n) is 9.73. The normalized spacial score (nSPS) is 19.4. The second kappa shape index (κ2) is 7.62. The molecule has 0 aliphatic carbocycles. The van der Waals surface area contributed by atoms with Crippen molar-refractivity contribution in [2.75, 3.05) is 29.4 Å². The Morgan fingerprint density at radius 2 is 1.82 bits per heavy atom. The molecule has 4 rings (SSSR count). The highest BCUT2D eigenvalue weighted by atomic mass is 19.1. The Labute approximate surface area is 164 Å². The van der Waals surface area contributed by atoms with E-state index in [2.05, 4.69) is 17.1 Å². The molecule has 5 nitrogen and oxygen atoms in total. The van der Waals surface area contributed by atoms with Crippen molar-refractivity contribution in [1.82, 2.24) is 5.32 Å². The summed E-state index contributed by atoms with van der Waals surface area (Å²) in [6, 6.07) is 11.3. The van der Waals surface area contributed by atoms with Crippen LogP contribution in [0.15, 0.2) is 42.5 Å². The molecule has 2 aliphatic rings. The maximum atomic E-state index is 13.1. The lowest BCUT2D eigenvalue weighted by Crippen LogP contribution is -2.37. The zero-order chi connectivity index (χ0) is 19.7. The highest BCUT2D eigenvalue weighted by molar-refractivity contribution is 5.99. The van der Waals surface area contributed by atoms with E-state index in [1.54, 1.807) is 17.0 Å². The fraction of sp³-hybridized carbons (Fsp3) is 0.364. The van der Waals surface area contributed by atoms with Gasteiger partial charge in [-0.25, -0.2) is 4.39 Å². The molecule has 0 saturated carbocycles. The van der Waals surface area contributed by atoms with Crippen LogP contribution in [0.3, 0.4) is 0 Å². The lowest BCUT2D eigenvalue weighted by atomic mass is 10.1. The third-order valence-electron chi connectivity index (χ3n) is 5.52. The molecular weight excluding hydrogens is 357 g/mol. The molecule has 1 N–H and O–H groups in total. The number of aryl methyl sites for hydroxylation is 1. The molecule has 1 unspecified atom stereocenters. The smallest absolute Gasteiger partial charge is 0.251 e. The largest absolute Gasteiger partial charge is 0.371 e. The maximum Gasteiger partial charge on any atom is 0.251 e. The molecule has 2 amide bonds. The van der Waals surface area contributed by atoms with Gasteiger partial charge in [0.05, 0.1) is 6.04 Å². The number of nitrogens with one attached hydrogen (secondary N) is 1. The fourth-order valence-electron chi connectivity index (χ4n) is 3.99. The predicted octanol–water partition coefficient (Wildman–Crippen LogP) is 3.27. The fourth-order valence-corrected chi connectivity index (χ4v) is 3.99. The van der Waals surface area contributed by atoms with E-state index in [-0.39, 0.29) is 30.1 Å². The van der Waals surface area contributed by atoms with Gasteiger partial charge in [-0.2, -0.15) is 0 Å². The van der Waals surface area contributed by atoms with Gasteiger partial charge in [0.1, 0.15) is 5.82 Å². The molecule has 2 fully saturated rings. The minimum atomic E-state index is -0.339. The summed E-state index contributed by atoms with van der Waals surface area (Å²) in [6.07, 6.45) is 2.60. The van der Waals surface area contributed by atoms with Gasteiger partial charge in [0.15, 0.2) is 0 Å². The van der Waals surface area contributed by atoms with Crippen LogP contribution >= 0.6 is 0 Å². The van der Waals surface area contributed by atoms with Gasteiger partial charge in [-0.3, -0.25) is 9.59 Å². The van der Waals surface area contributed by atoms with Crippen molar-refractivity contribution in [2.24, 2.45) is 0 Å². The topological polar surface area (TPSA) is 52.7 Å². The highest BCUT2D eigenvalue weighted by Gasteiger charge is 2.32. The summed E-state index contributed by atoms with van der Waals surface area (Å²) in [4.78, 5) is 29.0. The molecule has 0 bridgehead atoms. The third-order valence-corrected chi connectivity index (χ3v) is 5.52. The van der Waals surface area contributed by atoms with E-state index in [4.69, 9.17) is 0 Å². The molecule has 0 spiro atoms. The first kappa shape index (κ1) is 18.5. The van der Waals surface area contributed by atoms with Crippen LogP contribution in [0.5, 0.6) is 0 Å². The Balaban J connectivity index is 1.44. The van der Waals surface area contributed by atoms with Gasteiger partial charge in [0, 0.05) is 43.0 Å². The molecule has 0 radical (unpaired) electrons. The number of anilines is 2. The van der Waals surface area contributed by atoms with E-state index < -0.39 is 0 Å². The summed E-state index contributed by atoms with van der Waals surface area (Å²) < 4.78 is 13.1. The molecule has 2 saturated heterocycles. The standard InChI is InChI=1S/C22H24FN3O2/c1-15-4-5-16(12-20(15)25-10-2-3-11-25)22(28)24-18-13-21(27)26(14-18)19-8-6-17(23)7-9-19/h4-9,12,18H,2-3,10-11,13-14H2,1H3,(H,24,28). The highest BCUT2D eigenvalue weighted by Crippen LogP contribution is 2.26. The molecule has 2 heterocycles. The molecule has 146 valence electrons. The second-order valence-corrected chi connectivity index (χ2v) is 7.55. The maximum absolute atomic E-state index is 13.1. The van der Waals surface area contributed by atoms with Crippen molar-refractivity contribution in [2.45, 2.75) is 32.2 Å². The number of rotatable bonds is 4. The zero-order valence-electron chi connectivity index (χ0n) is 16.0. The Morgan fingerprint density at radius 3 is 2.54 bits per heavy atom. The number of benzene rings is 2. The minimum Gasteiger partial charge on any atom is -0.371 e. The average Bonchev–Trinajstić information content (AvgIpc) is 3.33. The van der Waals surface area contributed by atoms with Crippen molar-refractivity contribution in [3.05, 3.63) is 59.4 Å². The van der Waals surface area contributed by atoms with Crippen LogP contribution in [-0.2, 0) is 4.79 Å². The van der Waals surface area contributed by atoms with E-state index in [0.29, 0.717) is 17.8 Å². The average molecular weight is 381 g/mol. The van der Waals surface area contributed by atoms with Gasteiger partial charge in [-0.05, 0) is 61.7 Å². The molecule has 1 atom stereocenters. The van der Waals surface area contributed by atoms with E-state index in [1.807, 2.05) is 18.2 Å². The molecule has 0 aromatic heterocycles. The van der Waals surface area contributed by atoms with Crippen LogP contribution in [0.4, 0.5) is 15.8 Å². The van der Waals surface area contributed by atoms with Crippen molar-refractivity contribution >= 4 is 23.2 Å². The Kier molecular flexibility index (Phi) is 5.03. The van der Waals surface area contributed by atoms with Gasteiger partial charge >= 0.3 is 0 Å². The van der Waals surface area contributed by atoms with Crippen LogP contribution in [0, 0.1) is 12.7 Å². The van der Waals surface area contributed by atoms with Gasteiger partial charge in [-0.15, -0.1) is 0 Å². The van der Waals surface area contributed by atoms with Crippen molar-refractivity contribution < 1.29 is 14.0 Å². The summed E-state index contributed by atoms with van der Waals surface area (Å²) in [5.41, 5.74) is 3.53. The summed E-state index contributed by atoms with van der Waals surface area (Å²) in [6.45, 7) is 4.50.